The Bertz CT molecular complexity index is 1000. The minimum atomic E-state index is -0.485. The van der Waals surface area contributed by atoms with Gasteiger partial charge in [-0.05, 0) is 98.4 Å². The zero-order valence-electron chi connectivity index (χ0n) is 19.3. The highest BCUT2D eigenvalue weighted by Gasteiger charge is 2.63. The van der Waals surface area contributed by atoms with E-state index in [4.69, 9.17) is 9.97 Å². The van der Waals surface area contributed by atoms with Crippen LogP contribution in [0.2, 0.25) is 0 Å². The van der Waals surface area contributed by atoms with E-state index >= 15 is 0 Å². The summed E-state index contributed by atoms with van der Waals surface area (Å²) >= 11 is 0. The Morgan fingerprint density at radius 3 is 2.52 bits per heavy atom. The van der Waals surface area contributed by atoms with Crippen molar-refractivity contribution in [3.8, 4) is 11.4 Å². The normalized spacial score (nSPS) is 43.5. The molecule has 164 valence electrons. The van der Waals surface area contributed by atoms with Crippen molar-refractivity contribution in [2.75, 3.05) is 0 Å². The molecule has 0 radical (unpaired) electrons. The smallest absolute Gasteiger partial charge is 0.159 e. The minimum absolute atomic E-state index is 0.109. The van der Waals surface area contributed by atoms with Crippen LogP contribution in [0.4, 0.5) is 0 Å². The number of aliphatic hydroxyl groups is 1. The fourth-order valence-electron chi connectivity index (χ4n) is 8.53. The lowest BCUT2D eigenvalue weighted by atomic mass is 9.44. The molecule has 4 aliphatic rings. The van der Waals surface area contributed by atoms with Crippen LogP contribution < -0.4 is 0 Å². The lowest BCUT2D eigenvalue weighted by Crippen LogP contribution is -2.56. The maximum absolute atomic E-state index is 11.2. The van der Waals surface area contributed by atoms with Crippen molar-refractivity contribution >= 4 is 0 Å². The molecule has 1 aromatic carbocycles. The van der Waals surface area contributed by atoms with Gasteiger partial charge in [-0.15, -0.1) is 0 Å². The molecule has 31 heavy (non-hydrogen) atoms. The van der Waals surface area contributed by atoms with E-state index in [2.05, 4.69) is 51.2 Å². The average Bonchev–Trinajstić information content (AvgIpc) is 3.01. The van der Waals surface area contributed by atoms with Crippen LogP contribution in [0, 0.1) is 34.5 Å². The summed E-state index contributed by atoms with van der Waals surface area (Å²) in [6, 6.07) is 10.4. The van der Waals surface area contributed by atoms with Crippen molar-refractivity contribution in [2.45, 2.75) is 77.7 Å². The van der Waals surface area contributed by atoms with Crippen molar-refractivity contribution in [1.82, 2.24) is 9.97 Å². The summed E-state index contributed by atoms with van der Waals surface area (Å²) in [7, 11) is 0. The van der Waals surface area contributed by atoms with Crippen LogP contribution in [0.3, 0.4) is 0 Å². The molecule has 0 aliphatic heterocycles. The van der Waals surface area contributed by atoms with Crippen LogP contribution in [0.1, 0.15) is 70.6 Å². The summed E-state index contributed by atoms with van der Waals surface area (Å²) in [6.07, 6.45) is 11.7. The molecule has 1 heterocycles. The predicted molar refractivity (Wildman–Crippen MR) is 123 cm³/mol. The Kier molecular flexibility index (Phi) is 4.26. The van der Waals surface area contributed by atoms with Crippen LogP contribution in [-0.2, 0) is 12.8 Å². The highest BCUT2D eigenvalue weighted by molar-refractivity contribution is 5.55. The molecule has 3 fully saturated rings. The standard InChI is InChI=1S/C28H36N2O/c1-26-16-19-17-29-25(18-7-5-4-6-8-18)30-24(19)15-20(26)9-10-21-22(26)11-13-27(2)23(21)12-14-28(27,3)31/h4-8,17,20-23,31H,9-16H2,1-3H3/t20-,21+,22-,23-,26-,27-,28-/m0/s1. The molecule has 0 spiro atoms. The second-order valence-corrected chi connectivity index (χ2v) is 11.8. The third-order valence-electron chi connectivity index (χ3n) is 10.6. The molecule has 0 unspecified atom stereocenters. The van der Waals surface area contributed by atoms with Crippen molar-refractivity contribution < 1.29 is 5.11 Å². The van der Waals surface area contributed by atoms with Crippen molar-refractivity contribution in [3.05, 3.63) is 47.8 Å². The fourth-order valence-corrected chi connectivity index (χ4v) is 8.53. The van der Waals surface area contributed by atoms with E-state index in [0.717, 1.165) is 48.4 Å². The van der Waals surface area contributed by atoms with E-state index in [1.54, 1.807) is 0 Å². The topological polar surface area (TPSA) is 46.0 Å². The number of nitrogens with zero attached hydrogens (tertiary/aromatic N) is 2. The Balaban J connectivity index is 1.32. The molecule has 3 nitrogen and oxygen atoms in total. The Hall–Kier alpha value is -1.74. The van der Waals surface area contributed by atoms with E-state index in [1.807, 2.05) is 6.07 Å². The lowest BCUT2D eigenvalue weighted by Gasteiger charge is -2.61. The first kappa shape index (κ1) is 19.9. The monoisotopic (exact) mass is 416 g/mol. The van der Waals surface area contributed by atoms with Gasteiger partial charge in [-0.3, -0.25) is 0 Å². The summed E-state index contributed by atoms with van der Waals surface area (Å²) in [5, 5.41) is 11.2. The zero-order chi connectivity index (χ0) is 21.4. The summed E-state index contributed by atoms with van der Waals surface area (Å²) in [5.41, 5.74) is 3.76. The SMILES string of the molecule is C[C@]12Cc3cnc(-c4ccccc4)nc3C[C@@H]1CC[C@@H]1[C@@H]2CC[C@@]2(C)[C@H]1CC[C@]2(C)O. The molecule has 0 amide bonds. The van der Waals surface area contributed by atoms with E-state index in [1.165, 1.54) is 43.4 Å². The Labute approximate surface area is 186 Å². The lowest BCUT2D eigenvalue weighted by molar-refractivity contribution is -0.139. The van der Waals surface area contributed by atoms with Gasteiger partial charge in [-0.1, -0.05) is 44.2 Å². The Morgan fingerprint density at radius 2 is 1.71 bits per heavy atom. The first-order valence-corrected chi connectivity index (χ1v) is 12.4. The van der Waals surface area contributed by atoms with Gasteiger partial charge >= 0.3 is 0 Å². The first-order valence-electron chi connectivity index (χ1n) is 12.4. The molecule has 3 heteroatoms. The number of benzene rings is 1. The quantitative estimate of drug-likeness (QED) is 0.634. The van der Waals surface area contributed by atoms with Gasteiger partial charge in [0, 0.05) is 17.5 Å². The van der Waals surface area contributed by atoms with E-state index in [-0.39, 0.29) is 5.41 Å². The third kappa shape index (κ3) is 2.74. The molecular weight excluding hydrogens is 380 g/mol. The van der Waals surface area contributed by atoms with Crippen molar-refractivity contribution in [2.24, 2.45) is 34.5 Å². The van der Waals surface area contributed by atoms with Crippen LogP contribution >= 0.6 is 0 Å². The van der Waals surface area contributed by atoms with Crippen LogP contribution in [-0.4, -0.2) is 20.7 Å². The molecule has 6 rings (SSSR count). The first-order chi connectivity index (χ1) is 14.8. The number of fused-ring (bicyclic) bond motifs is 6. The van der Waals surface area contributed by atoms with E-state index < -0.39 is 5.60 Å². The molecule has 1 aromatic heterocycles. The highest BCUT2D eigenvalue weighted by Crippen LogP contribution is 2.67. The molecule has 1 N–H and O–H groups in total. The van der Waals surface area contributed by atoms with Crippen molar-refractivity contribution in [1.29, 1.82) is 0 Å². The second-order valence-electron chi connectivity index (χ2n) is 11.8. The van der Waals surface area contributed by atoms with E-state index in [9.17, 15) is 5.11 Å². The van der Waals surface area contributed by atoms with Gasteiger partial charge in [0.25, 0.3) is 0 Å². The maximum Gasteiger partial charge on any atom is 0.159 e. The predicted octanol–water partition coefficient (Wildman–Crippen LogP) is 5.85. The molecule has 0 bridgehead atoms. The molecule has 4 aliphatic carbocycles. The maximum atomic E-state index is 11.2. The number of hydrogen-bond donors (Lipinski definition) is 1. The Morgan fingerprint density at radius 1 is 0.935 bits per heavy atom. The van der Waals surface area contributed by atoms with Gasteiger partial charge in [-0.25, -0.2) is 9.97 Å². The highest BCUT2D eigenvalue weighted by atomic mass is 16.3. The molecular formula is C28H36N2O. The second kappa shape index (κ2) is 6.63. The van der Waals surface area contributed by atoms with E-state index in [0.29, 0.717) is 11.3 Å². The molecule has 2 aromatic rings. The average molecular weight is 417 g/mol. The van der Waals surface area contributed by atoms with Crippen molar-refractivity contribution in [3.63, 3.8) is 0 Å². The number of rotatable bonds is 1. The number of hydrogen-bond acceptors (Lipinski definition) is 3. The minimum Gasteiger partial charge on any atom is -0.390 e. The zero-order valence-corrected chi connectivity index (χ0v) is 19.3. The summed E-state index contributed by atoms with van der Waals surface area (Å²) in [4.78, 5) is 9.82. The van der Waals surface area contributed by atoms with Gasteiger partial charge in [0.15, 0.2) is 5.82 Å². The van der Waals surface area contributed by atoms with Gasteiger partial charge in [0.1, 0.15) is 0 Å². The summed E-state index contributed by atoms with van der Waals surface area (Å²) in [5.74, 6) is 3.85. The van der Waals surface area contributed by atoms with Crippen LogP contribution in [0.15, 0.2) is 36.5 Å². The molecule has 7 atom stereocenters. The fraction of sp³-hybridized carbons (Fsp3) is 0.643. The molecule has 3 saturated carbocycles. The summed E-state index contributed by atoms with van der Waals surface area (Å²) in [6.45, 7) is 7.09. The van der Waals surface area contributed by atoms with Gasteiger partial charge < -0.3 is 5.11 Å². The van der Waals surface area contributed by atoms with Gasteiger partial charge in [0.05, 0.1) is 5.60 Å². The molecule has 0 saturated heterocycles. The largest absolute Gasteiger partial charge is 0.390 e. The third-order valence-corrected chi connectivity index (χ3v) is 10.6. The van der Waals surface area contributed by atoms with Gasteiger partial charge in [0.2, 0.25) is 0 Å². The summed E-state index contributed by atoms with van der Waals surface area (Å²) < 4.78 is 0. The number of aromatic nitrogens is 2. The van der Waals surface area contributed by atoms with Crippen LogP contribution in [0.25, 0.3) is 11.4 Å². The van der Waals surface area contributed by atoms with Crippen LogP contribution in [0.5, 0.6) is 0 Å². The van der Waals surface area contributed by atoms with Gasteiger partial charge in [-0.2, -0.15) is 0 Å².